The van der Waals surface area contributed by atoms with E-state index in [0.29, 0.717) is 17.4 Å². The Morgan fingerprint density at radius 3 is 2.80 bits per heavy atom. The molecule has 2 nitrogen and oxygen atoms in total. The number of thioether (sulfide) groups is 1. The second kappa shape index (κ2) is 6.26. The third-order valence-corrected chi connectivity index (χ3v) is 4.88. The Balaban J connectivity index is 2.16. The Morgan fingerprint density at radius 2 is 2.15 bits per heavy atom. The Morgan fingerprint density at radius 1 is 1.40 bits per heavy atom. The zero-order valence-electron chi connectivity index (χ0n) is 11.4. The van der Waals surface area contributed by atoms with Crippen molar-refractivity contribution in [3.63, 3.8) is 0 Å². The summed E-state index contributed by atoms with van der Waals surface area (Å²) in [7, 11) is 0. The van der Waals surface area contributed by atoms with Crippen molar-refractivity contribution in [2.24, 2.45) is 0 Å². The van der Waals surface area contributed by atoms with Gasteiger partial charge in [0.2, 0.25) is 0 Å². The van der Waals surface area contributed by atoms with Crippen molar-refractivity contribution in [1.82, 2.24) is 4.90 Å². The number of nitrogen functional groups attached to an aromatic ring is 1. The first-order valence-corrected chi connectivity index (χ1v) is 7.74. The molecule has 2 N–H and O–H groups in total. The highest BCUT2D eigenvalue weighted by Crippen LogP contribution is 2.34. The van der Waals surface area contributed by atoms with Gasteiger partial charge in [0.15, 0.2) is 0 Å². The van der Waals surface area contributed by atoms with Crippen LogP contribution in [0.3, 0.4) is 0 Å². The van der Waals surface area contributed by atoms with Crippen LogP contribution >= 0.6 is 11.8 Å². The highest BCUT2D eigenvalue weighted by molar-refractivity contribution is 8.00. The molecule has 0 radical (unpaired) electrons. The summed E-state index contributed by atoms with van der Waals surface area (Å²) in [5.74, 6) is 0.981. The molecule has 20 heavy (non-hydrogen) atoms. The first-order chi connectivity index (χ1) is 9.40. The van der Waals surface area contributed by atoms with Crippen LogP contribution in [-0.2, 0) is 12.7 Å². The van der Waals surface area contributed by atoms with Crippen molar-refractivity contribution in [3.05, 3.63) is 29.3 Å². The number of rotatable bonds is 3. The summed E-state index contributed by atoms with van der Waals surface area (Å²) in [5.41, 5.74) is 5.34. The molecule has 0 saturated carbocycles. The van der Waals surface area contributed by atoms with Gasteiger partial charge in [0.1, 0.15) is 0 Å². The van der Waals surface area contributed by atoms with E-state index >= 15 is 0 Å². The van der Waals surface area contributed by atoms with E-state index in [2.05, 4.69) is 11.8 Å². The van der Waals surface area contributed by atoms with Gasteiger partial charge in [0.05, 0.1) is 5.56 Å². The molecule has 1 aliphatic rings. The molecule has 2 rings (SSSR count). The van der Waals surface area contributed by atoms with Crippen molar-refractivity contribution in [3.8, 4) is 0 Å². The second-order valence-corrected chi connectivity index (χ2v) is 6.46. The van der Waals surface area contributed by atoms with Gasteiger partial charge in [0, 0.05) is 36.3 Å². The lowest BCUT2D eigenvalue weighted by molar-refractivity contribution is -0.138. The molecule has 0 aromatic heterocycles. The minimum atomic E-state index is -4.35. The lowest BCUT2D eigenvalue weighted by Crippen LogP contribution is -2.37. The van der Waals surface area contributed by atoms with Gasteiger partial charge in [-0.25, -0.2) is 0 Å². The SMILES string of the molecule is CCC1CN(Cc2ccc(N)cc2C(F)(F)F)CCS1. The molecule has 0 amide bonds. The first kappa shape index (κ1) is 15.5. The summed E-state index contributed by atoms with van der Waals surface area (Å²) in [6.45, 7) is 4.14. The molecule has 0 bridgehead atoms. The maximum absolute atomic E-state index is 13.0. The van der Waals surface area contributed by atoms with Gasteiger partial charge in [-0.15, -0.1) is 0 Å². The molecule has 6 heteroatoms. The molecule has 1 aliphatic heterocycles. The number of hydrogen-bond donors (Lipinski definition) is 1. The average Bonchev–Trinajstić information content (AvgIpc) is 2.40. The van der Waals surface area contributed by atoms with Gasteiger partial charge < -0.3 is 5.73 Å². The maximum Gasteiger partial charge on any atom is 0.416 e. The molecule has 0 aliphatic carbocycles. The third-order valence-electron chi connectivity index (χ3n) is 3.51. The molecule has 1 saturated heterocycles. The van der Waals surface area contributed by atoms with E-state index < -0.39 is 11.7 Å². The fourth-order valence-corrected chi connectivity index (χ4v) is 3.66. The summed E-state index contributed by atoms with van der Waals surface area (Å²) in [6.07, 6.45) is -3.30. The second-order valence-electron chi connectivity index (χ2n) is 5.05. The quantitative estimate of drug-likeness (QED) is 0.865. The molecule has 1 unspecified atom stereocenters. The third kappa shape index (κ3) is 3.82. The maximum atomic E-state index is 13.0. The number of hydrogen-bond acceptors (Lipinski definition) is 3. The zero-order valence-corrected chi connectivity index (χ0v) is 12.2. The topological polar surface area (TPSA) is 29.3 Å². The summed E-state index contributed by atoms with van der Waals surface area (Å²) >= 11 is 1.91. The number of nitrogens with two attached hydrogens (primary N) is 1. The van der Waals surface area contributed by atoms with Crippen LogP contribution in [0.5, 0.6) is 0 Å². The fraction of sp³-hybridized carbons (Fsp3) is 0.571. The minimum Gasteiger partial charge on any atom is -0.399 e. The number of anilines is 1. The van der Waals surface area contributed by atoms with E-state index in [9.17, 15) is 13.2 Å². The summed E-state index contributed by atoms with van der Waals surface area (Å²) < 4.78 is 39.1. The van der Waals surface area contributed by atoms with Crippen molar-refractivity contribution in [1.29, 1.82) is 0 Å². The van der Waals surface area contributed by atoms with Gasteiger partial charge in [-0.2, -0.15) is 24.9 Å². The van der Waals surface area contributed by atoms with Crippen LogP contribution in [0.25, 0.3) is 0 Å². The highest BCUT2D eigenvalue weighted by Gasteiger charge is 2.34. The van der Waals surface area contributed by atoms with Crippen LogP contribution in [0, 0.1) is 0 Å². The van der Waals surface area contributed by atoms with Crippen LogP contribution in [0.2, 0.25) is 0 Å². The normalized spacial score (nSPS) is 21.1. The molecule has 1 aromatic carbocycles. The highest BCUT2D eigenvalue weighted by atomic mass is 32.2. The van der Waals surface area contributed by atoms with Gasteiger partial charge in [-0.1, -0.05) is 13.0 Å². The van der Waals surface area contributed by atoms with E-state index in [4.69, 9.17) is 5.73 Å². The lowest BCUT2D eigenvalue weighted by Gasteiger charge is -2.32. The lowest BCUT2D eigenvalue weighted by atomic mass is 10.1. The van der Waals surface area contributed by atoms with Crippen molar-refractivity contribution < 1.29 is 13.2 Å². The monoisotopic (exact) mass is 304 g/mol. The van der Waals surface area contributed by atoms with E-state index in [-0.39, 0.29) is 5.69 Å². The Hall–Kier alpha value is -0.880. The number of halogens is 3. The number of nitrogens with zero attached hydrogens (tertiary/aromatic N) is 1. The fourth-order valence-electron chi connectivity index (χ4n) is 2.41. The Bertz CT molecular complexity index is 462. The summed E-state index contributed by atoms with van der Waals surface area (Å²) in [6, 6.07) is 4.08. The summed E-state index contributed by atoms with van der Waals surface area (Å²) in [5, 5.41) is 0.520. The van der Waals surface area contributed by atoms with Crippen LogP contribution in [0.1, 0.15) is 24.5 Å². The van der Waals surface area contributed by atoms with Crippen LogP contribution in [0.15, 0.2) is 18.2 Å². The zero-order chi connectivity index (χ0) is 14.8. The van der Waals surface area contributed by atoms with Crippen LogP contribution in [0.4, 0.5) is 18.9 Å². The summed E-state index contributed by atoms with van der Waals surface area (Å²) in [4.78, 5) is 2.10. The van der Waals surface area contributed by atoms with Gasteiger partial charge >= 0.3 is 6.18 Å². The minimum absolute atomic E-state index is 0.154. The van der Waals surface area contributed by atoms with Gasteiger partial charge in [0.25, 0.3) is 0 Å². The van der Waals surface area contributed by atoms with Crippen LogP contribution in [-0.4, -0.2) is 29.0 Å². The Kier molecular flexibility index (Phi) is 4.86. The molecule has 112 valence electrons. The van der Waals surface area contributed by atoms with Crippen molar-refractivity contribution in [2.75, 3.05) is 24.6 Å². The standard InChI is InChI=1S/C14H19F3N2S/c1-2-12-9-19(5-6-20-12)8-10-3-4-11(18)7-13(10)14(15,16)17/h3-4,7,12H,2,5-6,8-9,18H2,1H3. The molecule has 1 fully saturated rings. The molecule has 1 aromatic rings. The smallest absolute Gasteiger partial charge is 0.399 e. The average molecular weight is 304 g/mol. The Labute approximate surface area is 121 Å². The predicted molar refractivity (Wildman–Crippen MR) is 77.7 cm³/mol. The first-order valence-electron chi connectivity index (χ1n) is 6.69. The van der Waals surface area contributed by atoms with Gasteiger partial charge in [-0.05, 0) is 24.1 Å². The molecular formula is C14H19F3N2S. The van der Waals surface area contributed by atoms with E-state index in [1.54, 1.807) is 6.07 Å². The molecule has 1 heterocycles. The van der Waals surface area contributed by atoms with Gasteiger partial charge in [-0.3, -0.25) is 4.90 Å². The predicted octanol–water partition coefficient (Wildman–Crippen LogP) is 3.62. The molecule has 0 spiro atoms. The van der Waals surface area contributed by atoms with Crippen LogP contribution < -0.4 is 5.73 Å². The van der Waals surface area contributed by atoms with Crippen molar-refractivity contribution in [2.45, 2.75) is 31.3 Å². The van der Waals surface area contributed by atoms with E-state index in [1.807, 2.05) is 11.8 Å². The van der Waals surface area contributed by atoms with E-state index in [0.717, 1.165) is 31.3 Å². The number of benzene rings is 1. The van der Waals surface area contributed by atoms with E-state index in [1.165, 1.54) is 6.07 Å². The van der Waals surface area contributed by atoms with Crippen molar-refractivity contribution >= 4 is 17.4 Å². The largest absolute Gasteiger partial charge is 0.416 e. The molecule has 1 atom stereocenters. The molecular weight excluding hydrogens is 285 g/mol. The number of alkyl halides is 3.